The summed E-state index contributed by atoms with van der Waals surface area (Å²) in [7, 11) is 1.31. The number of aryl methyl sites for hydroxylation is 1. The van der Waals surface area contributed by atoms with Crippen molar-refractivity contribution >= 4 is 17.9 Å². The molecule has 0 radical (unpaired) electrons. The number of carbonyl (C=O) groups is 3. The zero-order valence-electron chi connectivity index (χ0n) is 43.2. The molecule has 2 aliphatic heterocycles. The monoisotopic (exact) mass is 989 g/mol. The summed E-state index contributed by atoms with van der Waals surface area (Å²) >= 11 is 0. The normalized spacial score (nSPS) is 27.3. The average Bonchev–Trinajstić information content (AvgIpc) is 3.30. The number of hydrogen-bond donors (Lipinski definition) is 6. The first-order chi connectivity index (χ1) is 32.9. The Hall–Kier alpha value is -4.43. The first-order valence-corrected chi connectivity index (χ1v) is 24.3. The lowest BCUT2D eigenvalue weighted by Crippen LogP contribution is -2.64. The van der Waals surface area contributed by atoms with E-state index in [-0.39, 0.29) is 29.4 Å². The van der Waals surface area contributed by atoms with E-state index in [0.717, 1.165) is 22.8 Å². The number of ether oxygens (including phenoxy) is 8. The van der Waals surface area contributed by atoms with Crippen LogP contribution in [0, 0.1) is 11.8 Å². The number of aliphatic hydroxyl groups is 4. The van der Waals surface area contributed by atoms with Crippen LogP contribution in [0.25, 0.3) is 0 Å². The van der Waals surface area contributed by atoms with E-state index in [2.05, 4.69) is 6.58 Å². The van der Waals surface area contributed by atoms with Crippen LogP contribution in [0.5, 0.6) is 11.5 Å². The highest BCUT2D eigenvalue weighted by molar-refractivity contribution is 5.94. The first kappa shape index (κ1) is 59.9. The summed E-state index contributed by atoms with van der Waals surface area (Å²) in [6, 6.07) is 2.36. The molecule has 0 saturated carbocycles. The van der Waals surface area contributed by atoms with Crippen molar-refractivity contribution in [1.29, 1.82) is 0 Å². The number of benzene rings is 1. The number of esters is 3. The van der Waals surface area contributed by atoms with Crippen LogP contribution >= 0.6 is 0 Å². The van der Waals surface area contributed by atoms with Crippen LogP contribution in [0.2, 0.25) is 0 Å². The Bertz CT molecular complexity index is 2040. The number of phenols is 2. The number of hydrogen-bond acceptors (Lipinski definition) is 17. The zero-order valence-corrected chi connectivity index (χ0v) is 43.2. The lowest BCUT2D eigenvalue weighted by Gasteiger charge is -2.47. The van der Waals surface area contributed by atoms with E-state index in [4.69, 9.17) is 37.9 Å². The fraction of sp³-hybridized carbons (Fsp3) is 0.642. The van der Waals surface area contributed by atoms with E-state index >= 15 is 0 Å². The molecule has 2 aliphatic rings. The van der Waals surface area contributed by atoms with Gasteiger partial charge in [0.15, 0.2) is 24.8 Å². The molecule has 1 aromatic carbocycles. The van der Waals surface area contributed by atoms with Crippen molar-refractivity contribution < 1.29 is 82.9 Å². The second-order valence-corrected chi connectivity index (χ2v) is 18.9. The van der Waals surface area contributed by atoms with Gasteiger partial charge < -0.3 is 68.5 Å². The van der Waals surface area contributed by atoms with Gasteiger partial charge in [-0.2, -0.15) is 0 Å². The van der Waals surface area contributed by atoms with Gasteiger partial charge in [-0.1, -0.05) is 84.1 Å². The van der Waals surface area contributed by atoms with Gasteiger partial charge in [0.1, 0.15) is 53.2 Å². The molecule has 0 aromatic heterocycles. The number of rotatable bonds is 24. The van der Waals surface area contributed by atoms with Crippen LogP contribution < -0.4 is 0 Å². The maximum Gasteiger partial charge on any atom is 0.342 e. The van der Waals surface area contributed by atoms with Gasteiger partial charge in [0.25, 0.3) is 0 Å². The third-order valence-corrected chi connectivity index (χ3v) is 12.6. The van der Waals surface area contributed by atoms with Crippen molar-refractivity contribution in [3.8, 4) is 11.5 Å². The van der Waals surface area contributed by atoms with E-state index in [1.165, 1.54) is 25.3 Å². The minimum absolute atomic E-state index is 0.0981. The Morgan fingerprint density at radius 1 is 0.900 bits per heavy atom. The van der Waals surface area contributed by atoms with Crippen LogP contribution in [-0.4, -0.2) is 141 Å². The average molecular weight is 989 g/mol. The Morgan fingerprint density at radius 2 is 1.57 bits per heavy atom. The fourth-order valence-electron chi connectivity index (χ4n) is 8.39. The van der Waals surface area contributed by atoms with Gasteiger partial charge >= 0.3 is 17.9 Å². The van der Waals surface area contributed by atoms with Crippen LogP contribution in [-0.2, 0) is 53.9 Å². The third kappa shape index (κ3) is 15.8. The maximum atomic E-state index is 13.6. The summed E-state index contributed by atoms with van der Waals surface area (Å²) in [4.78, 5) is 39.4. The zero-order chi connectivity index (χ0) is 52.8. The highest BCUT2D eigenvalue weighted by atomic mass is 16.7. The molecular weight excluding hydrogens is 909 g/mol. The lowest BCUT2D eigenvalue weighted by atomic mass is 9.88. The highest BCUT2D eigenvalue weighted by Gasteiger charge is 2.53. The number of carbonyl (C=O) groups excluding carboxylic acids is 3. The van der Waals surface area contributed by atoms with Crippen LogP contribution in [0.4, 0.5) is 0 Å². The van der Waals surface area contributed by atoms with Gasteiger partial charge in [-0.25, -0.2) is 9.59 Å². The topological polar surface area (TPSA) is 246 Å². The number of methoxy groups -OCH3 is 1. The number of aliphatic hydroxyl groups excluding tert-OH is 4. The summed E-state index contributed by atoms with van der Waals surface area (Å²) in [5.41, 5.74) is 1.36. The van der Waals surface area contributed by atoms with E-state index < -0.39 is 109 Å². The van der Waals surface area contributed by atoms with Gasteiger partial charge in [-0.05, 0) is 90.0 Å². The summed E-state index contributed by atoms with van der Waals surface area (Å²) in [5.74, 6) is -3.62. The highest BCUT2D eigenvalue weighted by Crippen LogP contribution is 2.37. The van der Waals surface area contributed by atoms with Gasteiger partial charge in [-0.3, -0.25) is 4.79 Å². The standard InChI is InChI=1S/C53H80O17/c1-15-20-35(27-64-52-46(63-14)43(59)45(32(11)65-52)67-50(62)40-33(16-2)25-36(54)26-39(40)56)49(61)66-37(18-4)22-21-29(8)23-31(10)44(34(17-3)24-30(9)38(55)19-5)68-51-42(58)41(57)47(53(12,13)70-51)69-48(60)28(6)7/h15,20-21,23-26,28,32,34,37-38,41-47,51-52,54-59H,1,16-19,22,27H2,2-14H3/b29-21+,30-24+,31-23+,35-20+. The largest absolute Gasteiger partial charge is 0.508 e. The number of allylic oxidation sites excluding steroid dienone is 4. The predicted molar refractivity (Wildman–Crippen MR) is 260 cm³/mol. The van der Waals surface area contributed by atoms with Crippen molar-refractivity contribution in [2.75, 3.05) is 13.7 Å². The van der Waals surface area contributed by atoms with E-state index in [1.54, 1.807) is 41.5 Å². The van der Waals surface area contributed by atoms with E-state index in [9.17, 15) is 45.0 Å². The van der Waals surface area contributed by atoms with Crippen molar-refractivity contribution in [3.05, 3.63) is 82.5 Å². The molecule has 2 fully saturated rings. The minimum atomic E-state index is -1.57. The second-order valence-electron chi connectivity index (χ2n) is 18.9. The molecule has 0 amide bonds. The molecule has 0 bridgehead atoms. The molecule has 6 N–H and O–H groups in total. The molecule has 70 heavy (non-hydrogen) atoms. The summed E-state index contributed by atoms with van der Waals surface area (Å²) in [5, 5.41) is 64.9. The molecule has 17 nitrogen and oxygen atoms in total. The Balaban J connectivity index is 1.78. The lowest BCUT2D eigenvalue weighted by molar-refractivity contribution is -0.333. The van der Waals surface area contributed by atoms with Crippen LogP contribution in [0.15, 0.2) is 71.4 Å². The van der Waals surface area contributed by atoms with Gasteiger partial charge in [0, 0.05) is 25.5 Å². The molecule has 13 atom stereocenters. The molecular formula is C53H80O17. The molecule has 394 valence electrons. The van der Waals surface area contributed by atoms with Crippen LogP contribution in [0.1, 0.15) is 125 Å². The molecule has 2 heterocycles. The Labute approximate surface area is 413 Å². The molecule has 13 unspecified atom stereocenters. The van der Waals surface area contributed by atoms with Crippen molar-refractivity contribution in [1.82, 2.24) is 0 Å². The minimum Gasteiger partial charge on any atom is -0.508 e. The second kappa shape index (κ2) is 27.4. The van der Waals surface area contributed by atoms with E-state index in [1.807, 2.05) is 59.8 Å². The van der Waals surface area contributed by atoms with Gasteiger partial charge in [-0.15, -0.1) is 0 Å². The molecule has 1 aromatic rings. The predicted octanol–water partition coefficient (Wildman–Crippen LogP) is 6.59. The summed E-state index contributed by atoms with van der Waals surface area (Å²) in [6.45, 7) is 24.7. The smallest absolute Gasteiger partial charge is 0.342 e. The fourth-order valence-corrected chi connectivity index (χ4v) is 8.39. The quantitative estimate of drug-likeness (QED) is 0.0210. The van der Waals surface area contributed by atoms with Crippen LogP contribution in [0.3, 0.4) is 0 Å². The Kier molecular flexibility index (Phi) is 23.4. The first-order valence-electron chi connectivity index (χ1n) is 24.3. The van der Waals surface area contributed by atoms with Crippen molar-refractivity contribution in [3.63, 3.8) is 0 Å². The molecule has 17 heteroatoms. The molecule has 0 aliphatic carbocycles. The Morgan fingerprint density at radius 3 is 2.14 bits per heavy atom. The molecule has 2 saturated heterocycles. The van der Waals surface area contributed by atoms with Gasteiger partial charge in [0.05, 0.1) is 36.4 Å². The van der Waals surface area contributed by atoms with E-state index in [0.29, 0.717) is 37.7 Å². The molecule has 0 spiro atoms. The van der Waals surface area contributed by atoms with Crippen molar-refractivity contribution in [2.45, 2.75) is 194 Å². The third-order valence-electron chi connectivity index (χ3n) is 12.6. The van der Waals surface area contributed by atoms with Crippen molar-refractivity contribution in [2.24, 2.45) is 11.8 Å². The molecule has 3 rings (SSSR count). The number of phenolic OH excluding ortho intramolecular Hbond substituents is 2. The number of aromatic hydroxyl groups is 2. The van der Waals surface area contributed by atoms with Gasteiger partial charge in [0.2, 0.25) is 0 Å². The summed E-state index contributed by atoms with van der Waals surface area (Å²) < 4.78 is 47.5. The maximum absolute atomic E-state index is 13.6. The SMILES string of the molecule is C=C/C=C(\COC1OC(C)C(OC(=O)c2c(O)cc(O)cc2CC)C(O)C1OC)C(=O)OC(CC)C/C=C(C)/C=C(\C)C(OC1OC(C)(C)C(OC(=O)C(C)C)C(O)C1O)C(/C=C(\C)C(O)CC)CC. The summed E-state index contributed by atoms with van der Waals surface area (Å²) in [6.07, 6.45) is -2.70.